The molecular weight excluding hydrogens is 136 g/mol. The fraction of sp³-hybridized carbons (Fsp3) is 0.889. The van der Waals surface area contributed by atoms with Crippen LogP contribution in [0.1, 0.15) is 33.6 Å². The maximum Gasteiger partial charge on any atom is 0.0449 e. The quantitative estimate of drug-likeness (QED) is 0.549. The minimum Gasteiger partial charge on any atom is -0.323 e. The van der Waals surface area contributed by atoms with Gasteiger partial charge in [0.25, 0.3) is 0 Å². The molecule has 2 heteroatoms. The SMILES string of the molecule is CC1CC(C)(C)CC(=N)C1N. The highest BCUT2D eigenvalue weighted by Crippen LogP contribution is 2.35. The summed E-state index contributed by atoms with van der Waals surface area (Å²) >= 11 is 0. The van der Waals surface area contributed by atoms with Gasteiger partial charge in [0.1, 0.15) is 0 Å². The predicted octanol–water partition coefficient (Wildman–Crippen LogP) is 1.79. The van der Waals surface area contributed by atoms with Crippen molar-refractivity contribution in [2.75, 3.05) is 0 Å². The van der Waals surface area contributed by atoms with Gasteiger partial charge in [0.05, 0.1) is 0 Å². The fourth-order valence-corrected chi connectivity index (χ4v) is 2.05. The second-order valence-corrected chi connectivity index (χ2v) is 4.57. The van der Waals surface area contributed by atoms with Crippen molar-refractivity contribution in [3.8, 4) is 0 Å². The molecule has 0 radical (unpaired) electrons. The van der Waals surface area contributed by atoms with Crippen LogP contribution < -0.4 is 5.73 Å². The lowest BCUT2D eigenvalue weighted by Gasteiger charge is -2.38. The molecule has 0 aliphatic heterocycles. The van der Waals surface area contributed by atoms with Crippen LogP contribution in [0.3, 0.4) is 0 Å². The van der Waals surface area contributed by atoms with E-state index in [0.29, 0.717) is 11.3 Å². The molecule has 0 aromatic rings. The number of hydrogen-bond acceptors (Lipinski definition) is 2. The first-order chi connectivity index (χ1) is 4.92. The lowest BCUT2D eigenvalue weighted by Crippen LogP contribution is -2.45. The van der Waals surface area contributed by atoms with Gasteiger partial charge >= 0.3 is 0 Å². The molecule has 0 aromatic heterocycles. The smallest absolute Gasteiger partial charge is 0.0449 e. The summed E-state index contributed by atoms with van der Waals surface area (Å²) in [7, 11) is 0. The van der Waals surface area contributed by atoms with E-state index < -0.39 is 0 Å². The molecule has 0 spiro atoms. The third-order valence-corrected chi connectivity index (χ3v) is 2.56. The highest BCUT2D eigenvalue weighted by Gasteiger charge is 2.33. The molecule has 0 amide bonds. The van der Waals surface area contributed by atoms with Crippen LogP contribution in [-0.4, -0.2) is 11.8 Å². The Kier molecular flexibility index (Phi) is 2.06. The van der Waals surface area contributed by atoms with E-state index in [1.165, 1.54) is 0 Å². The molecule has 64 valence electrons. The van der Waals surface area contributed by atoms with Gasteiger partial charge in [0.2, 0.25) is 0 Å². The molecule has 1 fully saturated rings. The van der Waals surface area contributed by atoms with Crippen LogP contribution in [0, 0.1) is 16.7 Å². The van der Waals surface area contributed by atoms with E-state index in [4.69, 9.17) is 11.1 Å². The second kappa shape index (κ2) is 2.59. The highest BCUT2D eigenvalue weighted by molar-refractivity contribution is 5.88. The van der Waals surface area contributed by atoms with Crippen LogP contribution in [0.2, 0.25) is 0 Å². The van der Waals surface area contributed by atoms with Crippen molar-refractivity contribution in [1.29, 1.82) is 5.41 Å². The summed E-state index contributed by atoms with van der Waals surface area (Å²) in [6, 6.07) is 0.0167. The second-order valence-electron chi connectivity index (χ2n) is 4.57. The van der Waals surface area contributed by atoms with E-state index in [1.807, 2.05) is 0 Å². The van der Waals surface area contributed by atoms with E-state index in [2.05, 4.69) is 20.8 Å². The first-order valence-corrected chi connectivity index (χ1v) is 4.25. The van der Waals surface area contributed by atoms with E-state index >= 15 is 0 Å². The first kappa shape index (κ1) is 8.72. The number of nitrogens with two attached hydrogens (primary N) is 1. The molecule has 1 rings (SSSR count). The monoisotopic (exact) mass is 154 g/mol. The molecule has 1 aliphatic rings. The molecule has 2 unspecified atom stereocenters. The summed E-state index contributed by atoms with van der Waals surface area (Å²) in [4.78, 5) is 0. The Morgan fingerprint density at radius 1 is 1.55 bits per heavy atom. The number of nitrogens with one attached hydrogen (secondary N) is 1. The predicted molar refractivity (Wildman–Crippen MR) is 47.9 cm³/mol. The van der Waals surface area contributed by atoms with Crippen LogP contribution >= 0.6 is 0 Å². The summed E-state index contributed by atoms with van der Waals surface area (Å²) in [6.07, 6.45) is 2.02. The Morgan fingerprint density at radius 3 is 2.55 bits per heavy atom. The van der Waals surface area contributed by atoms with Crippen LogP contribution in [-0.2, 0) is 0 Å². The number of hydrogen-bond donors (Lipinski definition) is 2. The summed E-state index contributed by atoms with van der Waals surface area (Å²) in [5.41, 5.74) is 6.85. The molecule has 0 bridgehead atoms. The van der Waals surface area contributed by atoms with E-state index in [-0.39, 0.29) is 6.04 Å². The average molecular weight is 154 g/mol. The van der Waals surface area contributed by atoms with Crippen molar-refractivity contribution in [2.45, 2.75) is 39.7 Å². The van der Waals surface area contributed by atoms with Crippen LogP contribution in [0.5, 0.6) is 0 Å². The normalized spacial score (nSPS) is 37.3. The first-order valence-electron chi connectivity index (χ1n) is 4.25. The van der Waals surface area contributed by atoms with E-state index in [0.717, 1.165) is 18.6 Å². The molecule has 1 aliphatic carbocycles. The van der Waals surface area contributed by atoms with Gasteiger partial charge in [0.15, 0.2) is 0 Å². The zero-order valence-electron chi connectivity index (χ0n) is 7.65. The summed E-state index contributed by atoms with van der Waals surface area (Å²) < 4.78 is 0. The summed E-state index contributed by atoms with van der Waals surface area (Å²) in [5.74, 6) is 0.478. The van der Waals surface area contributed by atoms with Crippen LogP contribution in [0.25, 0.3) is 0 Å². The third kappa shape index (κ3) is 1.80. The van der Waals surface area contributed by atoms with E-state index in [1.54, 1.807) is 0 Å². The summed E-state index contributed by atoms with van der Waals surface area (Å²) in [5, 5.41) is 7.66. The van der Waals surface area contributed by atoms with Crippen molar-refractivity contribution in [2.24, 2.45) is 17.1 Å². The molecule has 0 aromatic carbocycles. The highest BCUT2D eigenvalue weighted by atomic mass is 14.7. The third-order valence-electron chi connectivity index (χ3n) is 2.56. The maximum atomic E-state index is 7.66. The van der Waals surface area contributed by atoms with Crippen LogP contribution in [0.15, 0.2) is 0 Å². The van der Waals surface area contributed by atoms with Crippen molar-refractivity contribution in [3.05, 3.63) is 0 Å². The van der Waals surface area contributed by atoms with Crippen molar-refractivity contribution < 1.29 is 0 Å². The molecule has 2 atom stereocenters. The molecule has 3 N–H and O–H groups in total. The van der Waals surface area contributed by atoms with E-state index in [9.17, 15) is 0 Å². The molecule has 0 heterocycles. The zero-order chi connectivity index (χ0) is 8.65. The van der Waals surface area contributed by atoms with Gasteiger partial charge in [-0.3, -0.25) is 0 Å². The Labute approximate surface area is 68.7 Å². The molecule has 1 saturated carbocycles. The van der Waals surface area contributed by atoms with Crippen molar-refractivity contribution >= 4 is 5.71 Å². The molecule has 11 heavy (non-hydrogen) atoms. The van der Waals surface area contributed by atoms with Gasteiger partial charge in [-0.1, -0.05) is 20.8 Å². The molecule has 2 nitrogen and oxygen atoms in total. The average Bonchev–Trinajstić information content (AvgIpc) is 1.81. The molecule has 0 saturated heterocycles. The van der Waals surface area contributed by atoms with Gasteiger partial charge in [-0.2, -0.15) is 0 Å². The Morgan fingerprint density at radius 2 is 2.09 bits per heavy atom. The maximum absolute atomic E-state index is 7.66. The number of rotatable bonds is 0. The van der Waals surface area contributed by atoms with Crippen molar-refractivity contribution in [1.82, 2.24) is 0 Å². The lowest BCUT2D eigenvalue weighted by atomic mass is 9.70. The standard InChI is InChI=1S/C9H18N2/c1-6-4-9(2,3)5-7(10)8(6)11/h6,8,10H,4-5,11H2,1-3H3. The lowest BCUT2D eigenvalue weighted by molar-refractivity contribution is 0.249. The minimum absolute atomic E-state index is 0.0167. The van der Waals surface area contributed by atoms with Crippen molar-refractivity contribution in [3.63, 3.8) is 0 Å². The van der Waals surface area contributed by atoms with Gasteiger partial charge in [-0.05, 0) is 24.2 Å². The van der Waals surface area contributed by atoms with Gasteiger partial charge in [-0.15, -0.1) is 0 Å². The largest absolute Gasteiger partial charge is 0.323 e. The molecular formula is C9H18N2. The zero-order valence-corrected chi connectivity index (χ0v) is 7.65. The minimum atomic E-state index is 0.0167. The van der Waals surface area contributed by atoms with Gasteiger partial charge in [0, 0.05) is 11.8 Å². The topological polar surface area (TPSA) is 49.9 Å². The van der Waals surface area contributed by atoms with Gasteiger partial charge in [-0.25, -0.2) is 0 Å². The van der Waals surface area contributed by atoms with Crippen LogP contribution in [0.4, 0.5) is 0 Å². The van der Waals surface area contributed by atoms with Gasteiger partial charge < -0.3 is 11.1 Å². The Bertz CT molecular complexity index is 172. The Hall–Kier alpha value is -0.370. The Balaban J connectivity index is 2.70. The summed E-state index contributed by atoms with van der Waals surface area (Å²) in [6.45, 7) is 6.56. The fourth-order valence-electron chi connectivity index (χ4n) is 2.05.